The number of fused-ring (bicyclic) bond motifs is 10. The largest absolute Gasteiger partial charge is 0.374 e. The Balaban J connectivity index is 1.09. The second kappa shape index (κ2) is 12.6. The molecule has 0 bridgehead atoms. The van der Waals surface area contributed by atoms with Crippen molar-refractivity contribution < 1.29 is 0 Å². The van der Waals surface area contributed by atoms with Gasteiger partial charge in [0.15, 0.2) is 0 Å². The highest BCUT2D eigenvalue weighted by Gasteiger charge is 2.40. The molecule has 2 heterocycles. The molecule has 8 aromatic carbocycles. The van der Waals surface area contributed by atoms with E-state index in [-0.39, 0.29) is 11.5 Å². The Morgan fingerprint density at radius 1 is 0.536 bits per heavy atom. The summed E-state index contributed by atoms with van der Waals surface area (Å²) in [6, 6.07) is 66.6. The van der Waals surface area contributed by atoms with Gasteiger partial charge in [-0.1, -0.05) is 172 Å². The van der Waals surface area contributed by atoms with Crippen molar-refractivity contribution in [2.75, 3.05) is 0 Å². The summed E-state index contributed by atoms with van der Waals surface area (Å²) >= 11 is 0. The molecule has 2 aliphatic rings. The molecule has 0 fully saturated rings. The third kappa shape index (κ3) is 4.96. The van der Waals surface area contributed by atoms with E-state index < -0.39 is 0 Å². The molecule has 1 aliphatic carbocycles. The predicted molar refractivity (Wildman–Crippen MR) is 236 cm³/mol. The van der Waals surface area contributed by atoms with E-state index in [9.17, 15) is 0 Å². The first-order valence-electron chi connectivity index (χ1n) is 19.6. The summed E-state index contributed by atoms with van der Waals surface area (Å²) in [4.78, 5) is 0. The smallest absolute Gasteiger partial charge is 0.0707 e. The molecule has 1 atom stereocenters. The molecule has 2 nitrogen and oxygen atoms in total. The van der Waals surface area contributed by atoms with Crippen LogP contribution in [-0.4, -0.2) is 4.57 Å². The fourth-order valence-electron chi connectivity index (χ4n) is 9.56. The number of nitrogens with one attached hydrogen (secondary N) is 1. The number of allylic oxidation sites excluding steroid dienone is 2. The van der Waals surface area contributed by atoms with Crippen LogP contribution < -0.4 is 5.32 Å². The molecule has 2 heteroatoms. The van der Waals surface area contributed by atoms with Crippen molar-refractivity contribution >= 4 is 43.8 Å². The van der Waals surface area contributed by atoms with Crippen LogP contribution in [0.1, 0.15) is 47.7 Å². The van der Waals surface area contributed by atoms with Gasteiger partial charge in [-0.2, -0.15) is 0 Å². The molecule has 1 aliphatic heterocycles. The van der Waals surface area contributed by atoms with Crippen LogP contribution in [0, 0.1) is 0 Å². The van der Waals surface area contributed by atoms with Gasteiger partial charge in [-0.15, -0.1) is 0 Å². The van der Waals surface area contributed by atoms with Crippen molar-refractivity contribution in [3.8, 4) is 27.9 Å². The number of dihydropyridines is 1. The first-order valence-corrected chi connectivity index (χ1v) is 19.6. The number of nitrogens with zero attached hydrogens (tertiary/aromatic N) is 1. The number of para-hydroxylation sites is 1. The third-order valence-electron chi connectivity index (χ3n) is 12.2. The van der Waals surface area contributed by atoms with Crippen molar-refractivity contribution in [3.63, 3.8) is 0 Å². The maximum atomic E-state index is 3.79. The van der Waals surface area contributed by atoms with Crippen LogP contribution in [-0.2, 0) is 5.41 Å². The topological polar surface area (TPSA) is 17.0 Å². The highest BCUT2D eigenvalue weighted by molar-refractivity contribution is 6.27. The Labute approximate surface area is 327 Å². The highest BCUT2D eigenvalue weighted by atomic mass is 15.0. The number of aromatic nitrogens is 1. The minimum Gasteiger partial charge on any atom is -0.374 e. The molecule has 266 valence electrons. The summed E-state index contributed by atoms with van der Waals surface area (Å²) in [6.07, 6.45) is 4.64. The van der Waals surface area contributed by atoms with Gasteiger partial charge in [0.2, 0.25) is 0 Å². The van der Waals surface area contributed by atoms with Crippen molar-refractivity contribution in [2.24, 2.45) is 0 Å². The van der Waals surface area contributed by atoms with Crippen molar-refractivity contribution in [1.82, 2.24) is 9.88 Å². The van der Waals surface area contributed by atoms with Crippen LogP contribution in [0.25, 0.3) is 71.8 Å². The quantitative estimate of drug-likeness (QED) is 0.188. The molecule has 1 aromatic heterocycles. The van der Waals surface area contributed by atoms with E-state index >= 15 is 0 Å². The molecule has 9 aromatic rings. The van der Waals surface area contributed by atoms with Gasteiger partial charge in [0.05, 0.1) is 17.1 Å². The van der Waals surface area contributed by atoms with Crippen molar-refractivity contribution in [3.05, 3.63) is 222 Å². The second-order valence-electron chi connectivity index (χ2n) is 15.7. The van der Waals surface area contributed by atoms with Gasteiger partial charge >= 0.3 is 0 Å². The van der Waals surface area contributed by atoms with Gasteiger partial charge < -0.3 is 9.88 Å². The molecular weight excluding hydrogens is 677 g/mol. The van der Waals surface area contributed by atoms with Crippen LogP contribution in [0.15, 0.2) is 194 Å². The molecule has 0 saturated heterocycles. The first-order chi connectivity index (χ1) is 27.5. The summed E-state index contributed by atoms with van der Waals surface area (Å²) < 4.78 is 2.53. The average Bonchev–Trinajstić information content (AvgIpc) is 3.73. The number of hydrogen-bond donors (Lipinski definition) is 1. The maximum absolute atomic E-state index is 3.79. The fourth-order valence-corrected chi connectivity index (χ4v) is 9.56. The van der Waals surface area contributed by atoms with E-state index in [1.807, 2.05) is 0 Å². The van der Waals surface area contributed by atoms with E-state index in [0.717, 1.165) is 5.70 Å². The van der Waals surface area contributed by atoms with E-state index in [4.69, 9.17) is 0 Å². The fraction of sp³-hybridized carbons (Fsp3) is 0.0741. The SMILES string of the molecule is CC1(C)c2ccccc2-c2c1c1c(c3ccccc23)c2cc(-c3ccc(C4=CC(c5ccccc5)NC(c5ccccc5)=C4)cc3)ccc2n1-c1ccccc1. The van der Waals surface area contributed by atoms with E-state index in [0.29, 0.717) is 0 Å². The van der Waals surface area contributed by atoms with Crippen LogP contribution in [0.2, 0.25) is 0 Å². The van der Waals surface area contributed by atoms with Crippen molar-refractivity contribution in [2.45, 2.75) is 25.3 Å². The zero-order valence-corrected chi connectivity index (χ0v) is 31.5. The molecule has 1 N–H and O–H groups in total. The van der Waals surface area contributed by atoms with E-state index in [1.54, 1.807) is 0 Å². The van der Waals surface area contributed by atoms with Crippen LogP contribution in [0.3, 0.4) is 0 Å². The Morgan fingerprint density at radius 3 is 1.93 bits per heavy atom. The monoisotopic (exact) mass is 716 g/mol. The van der Waals surface area contributed by atoms with Crippen molar-refractivity contribution in [1.29, 1.82) is 0 Å². The lowest BCUT2D eigenvalue weighted by atomic mass is 9.80. The van der Waals surface area contributed by atoms with Gasteiger partial charge in [0.1, 0.15) is 0 Å². The summed E-state index contributed by atoms with van der Waals surface area (Å²) in [6.45, 7) is 4.81. The summed E-state index contributed by atoms with van der Waals surface area (Å²) in [5.41, 5.74) is 17.5. The molecule has 56 heavy (non-hydrogen) atoms. The van der Waals surface area contributed by atoms with Gasteiger partial charge in [0, 0.05) is 27.6 Å². The Morgan fingerprint density at radius 2 is 1.16 bits per heavy atom. The lowest BCUT2D eigenvalue weighted by Crippen LogP contribution is -2.21. The normalized spacial score (nSPS) is 15.6. The molecule has 0 spiro atoms. The Bertz CT molecular complexity index is 3040. The van der Waals surface area contributed by atoms with Gasteiger partial charge in [-0.25, -0.2) is 0 Å². The van der Waals surface area contributed by atoms with Crippen LogP contribution >= 0.6 is 0 Å². The number of hydrogen-bond acceptors (Lipinski definition) is 1. The van der Waals surface area contributed by atoms with Crippen LogP contribution in [0.5, 0.6) is 0 Å². The zero-order chi connectivity index (χ0) is 37.4. The third-order valence-corrected chi connectivity index (χ3v) is 12.2. The highest BCUT2D eigenvalue weighted by Crippen LogP contribution is 2.56. The zero-order valence-electron chi connectivity index (χ0n) is 31.5. The lowest BCUT2D eigenvalue weighted by Gasteiger charge is -2.25. The molecule has 0 amide bonds. The number of benzene rings is 8. The standard InChI is InChI=1S/C54H40N2/c1-54(2)46-25-15-14-24-44(46)50-42-22-12-13-23-43(42)51-45-32-39(30-31-49(45)56(53(51)52(50)54)41-20-10-5-11-21-41)35-26-28-36(29-27-35)40-33-47(37-16-6-3-7-17-37)55-48(34-40)38-18-8-4-9-19-38/h3-34,47,55H,1-2H3. The minimum atomic E-state index is -0.175. The van der Waals surface area contributed by atoms with Gasteiger partial charge in [-0.05, 0) is 103 Å². The van der Waals surface area contributed by atoms with Gasteiger partial charge in [0.25, 0.3) is 0 Å². The Hall–Kier alpha value is -6.90. The predicted octanol–water partition coefficient (Wildman–Crippen LogP) is 13.7. The molecule has 11 rings (SSSR count). The summed E-state index contributed by atoms with van der Waals surface area (Å²) in [5, 5.41) is 9.01. The van der Waals surface area contributed by atoms with E-state index in [1.165, 1.54) is 93.9 Å². The van der Waals surface area contributed by atoms with Crippen LogP contribution in [0.4, 0.5) is 0 Å². The molecular formula is C54H40N2. The lowest BCUT2D eigenvalue weighted by molar-refractivity contribution is 0.664. The van der Waals surface area contributed by atoms with E-state index in [2.05, 4.69) is 218 Å². The average molecular weight is 717 g/mol. The molecule has 0 saturated carbocycles. The van der Waals surface area contributed by atoms with Gasteiger partial charge in [-0.3, -0.25) is 0 Å². The minimum absolute atomic E-state index is 0.0736. The summed E-state index contributed by atoms with van der Waals surface area (Å²) in [7, 11) is 0. The number of rotatable bonds is 5. The molecule has 0 radical (unpaired) electrons. The summed E-state index contributed by atoms with van der Waals surface area (Å²) in [5.74, 6) is 0. The Kier molecular flexibility index (Phi) is 7.31. The first kappa shape index (κ1) is 32.5. The maximum Gasteiger partial charge on any atom is 0.0707 e. The molecule has 1 unspecified atom stereocenters. The second-order valence-corrected chi connectivity index (χ2v) is 15.7.